The molecule has 0 unspecified atom stereocenters. The van der Waals surface area contributed by atoms with Crippen LogP contribution in [0.2, 0.25) is 5.02 Å². The lowest BCUT2D eigenvalue weighted by atomic mass is 9.98. The van der Waals surface area contributed by atoms with Gasteiger partial charge < -0.3 is 15.6 Å². The Balaban J connectivity index is 1.44. The molecular formula is C26H25ClN2O4. The number of halogens is 1. The molecule has 3 aromatic carbocycles. The molecule has 4 N–H and O–H groups in total. The van der Waals surface area contributed by atoms with Crippen LogP contribution < -0.4 is 11.1 Å². The number of rotatable bonds is 8. The van der Waals surface area contributed by atoms with Crippen molar-refractivity contribution in [3.05, 3.63) is 99.6 Å². The van der Waals surface area contributed by atoms with Crippen molar-refractivity contribution in [2.75, 3.05) is 5.32 Å². The van der Waals surface area contributed by atoms with Crippen LogP contribution in [0.3, 0.4) is 0 Å². The van der Waals surface area contributed by atoms with Crippen molar-refractivity contribution in [3.8, 4) is 0 Å². The third-order valence-electron chi connectivity index (χ3n) is 5.69. The number of carbonyl (C=O) groups excluding carboxylic acids is 1. The average Bonchev–Trinajstić information content (AvgIpc) is 3.58. The summed E-state index contributed by atoms with van der Waals surface area (Å²) in [5.41, 5.74) is 11.1. The Labute approximate surface area is 197 Å². The topological polar surface area (TPSA) is 102 Å². The van der Waals surface area contributed by atoms with Gasteiger partial charge in [0.25, 0.3) is 0 Å². The van der Waals surface area contributed by atoms with Crippen molar-refractivity contribution >= 4 is 29.4 Å². The number of nitrogens with one attached hydrogen (secondary N) is 1. The highest BCUT2D eigenvalue weighted by Gasteiger charge is 2.40. The van der Waals surface area contributed by atoms with Crippen LogP contribution in [0.15, 0.2) is 66.7 Å². The van der Waals surface area contributed by atoms with Crippen LogP contribution >= 0.6 is 11.6 Å². The fraction of sp³-hybridized carbons (Fsp3) is 0.231. The molecule has 170 valence electrons. The Morgan fingerprint density at radius 2 is 1.67 bits per heavy atom. The fourth-order valence-electron chi connectivity index (χ4n) is 4.11. The summed E-state index contributed by atoms with van der Waals surface area (Å²) in [6.45, 7) is 0.537. The minimum Gasteiger partial charge on any atom is -0.481 e. The maximum absolute atomic E-state index is 12.2. The molecule has 0 aromatic heterocycles. The Hall–Kier alpha value is -3.35. The highest BCUT2D eigenvalue weighted by molar-refractivity contribution is 6.31. The lowest BCUT2D eigenvalue weighted by molar-refractivity contribution is -0.136. The van der Waals surface area contributed by atoms with E-state index in [0.717, 1.165) is 34.2 Å². The van der Waals surface area contributed by atoms with Gasteiger partial charge >= 0.3 is 12.1 Å². The number of amides is 1. The second-order valence-corrected chi connectivity index (χ2v) is 8.70. The summed E-state index contributed by atoms with van der Waals surface area (Å²) in [6.07, 6.45) is 0.334. The number of carbonyl (C=O) groups is 2. The van der Waals surface area contributed by atoms with Crippen molar-refractivity contribution in [2.24, 2.45) is 5.73 Å². The normalized spacial score (nSPS) is 16.8. The zero-order valence-corrected chi connectivity index (χ0v) is 18.7. The van der Waals surface area contributed by atoms with Crippen molar-refractivity contribution in [1.82, 2.24) is 0 Å². The third-order valence-corrected chi connectivity index (χ3v) is 5.91. The van der Waals surface area contributed by atoms with E-state index in [-0.39, 0.29) is 24.9 Å². The predicted octanol–water partition coefficient (Wildman–Crippen LogP) is 5.45. The predicted molar refractivity (Wildman–Crippen MR) is 127 cm³/mol. The maximum atomic E-state index is 12.2. The first-order chi connectivity index (χ1) is 15.9. The van der Waals surface area contributed by atoms with Gasteiger partial charge in [0.1, 0.15) is 6.61 Å². The fourth-order valence-corrected chi connectivity index (χ4v) is 4.35. The first-order valence-corrected chi connectivity index (χ1v) is 11.1. The Morgan fingerprint density at radius 1 is 0.970 bits per heavy atom. The molecule has 2 atom stereocenters. The maximum Gasteiger partial charge on any atom is 0.411 e. The van der Waals surface area contributed by atoms with Crippen LogP contribution in [0.25, 0.3) is 0 Å². The molecule has 0 bridgehead atoms. The summed E-state index contributed by atoms with van der Waals surface area (Å²) in [4.78, 5) is 23.4. The van der Waals surface area contributed by atoms with Gasteiger partial charge in [-0.05, 0) is 64.3 Å². The van der Waals surface area contributed by atoms with E-state index in [9.17, 15) is 9.59 Å². The lowest BCUT2D eigenvalue weighted by Gasteiger charge is -2.11. The minimum absolute atomic E-state index is 0.0332. The molecule has 0 saturated heterocycles. The number of hydrogen-bond donors (Lipinski definition) is 3. The monoisotopic (exact) mass is 464 g/mol. The number of carboxylic acids is 1. The molecule has 1 saturated carbocycles. The largest absolute Gasteiger partial charge is 0.481 e. The molecule has 1 aliphatic carbocycles. The standard InChI is InChI=1S/C26H25ClN2O4/c27-21-10-20(11-22(12-21)29-26(32)33-15-16-4-2-1-3-5-16)24-13-23(24)19-7-17(9-25(30)31)6-18(8-19)14-28/h1-8,10-12,23-24H,9,13-15,28H2,(H,29,32)(H,30,31)/t23-,24-/m1/s1. The van der Waals surface area contributed by atoms with Crippen LogP contribution in [0.4, 0.5) is 10.5 Å². The van der Waals surface area contributed by atoms with Crippen LogP contribution in [-0.4, -0.2) is 17.2 Å². The van der Waals surface area contributed by atoms with Gasteiger partial charge in [-0.15, -0.1) is 0 Å². The molecule has 3 aromatic rings. The van der Waals surface area contributed by atoms with Crippen LogP contribution in [-0.2, 0) is 29.1 Å². The number of benzene rings is 3. The van der Waals surface area contributed by atoms with Gasteiger partial charge in [0.2, 0.25) is 0 Å². The summed E-state index contributed by atoms with van der Waals surface area (Å²) in [7, 11) is 0. The van der Waals surface area contributed by atoms with Crippen LogP contribution in [0.1, 0.15) is 46.1 Å². The first-order valence-electron chi connectivity index (χ1n) is 10.7. The average molecular weight is 465 g/mol. The molecule has 6 nitrogen and oxygen atoms in total. The van der Waals surface area contributed by atoms with Gasteiger partial charge in [-0.3, -0.25) is 10.1 Å². The minimum atomic E-state index is -0.868. The second-order valence-electron chi connectivity index (χ2n) is 8.27. The molecule has 1 amide bonds. The van der Waals surface area contributed by atoms with Gasteiger partial charge in [-0.1, -0.05) is 60.1 Å². The summed E-state index contributed by atoms with van der Waals surface area (Å²) in [6, 6.07) is 20.8. The summed E-state index contributed by atoms with van der Waals surface area (Å²) >= 11 is 6.33. The summed E-state index contributed by atoms with van der Waals surface area (Å²) < 4.78 is 5.30. The van der Waals surface area contributed by atoms with Crippen molar-refractivity contribution < 1.29 is 19.4 Å². The smallest absolute Gasteiger partial charge is 0.411 e. The highest BCUT2D eigenvalue weighted by Crippen LogP contribution is 2.55. The van der Waals surface area contributed by atoms with E-state index in [1.165, 1.54) is 0 Å². The first kappa shape index (κ1) is 22.8. The van der Waals surface area contributed by atoms with Gasteiger partial charge in [-0.2, -0.15) is 0 Å². The summed E-state index contributed by atoms with van der Waals surface area (Å²) in [5, 5.41) is 12.4. The van der Waals surface area contributed by atoms with Crippen molar-refractivity contribution in [1.29, 1.82) is 0 Å². The van der Waals surface area contributed by atoms with Crippen LogP contribution in [0, 0.1) is 0 Å². The number of aliphatic carboxylic acids is 1. The molecule has 33 heavy (non-hydrogen) atoms. The number of anilines is 1. The Bertz CT molecular complexity index is 1170. The van der Waals surface area contributed by atoms with Gasteiger partial charge in [0.05, 0.1) is 6.42 Å². The Morgan fingerprint density at radius 3 is 2.36 bits per heavy atom. The Kier molecular flexibility index (Phi) is 6.96. The number of ether oxygens (including phenoxy) is 1. The SMILES string of the molecule is NCc1cc(CC(=O)O)cc([C@H]2C[C@@H]2c2cc(Cl)cc(NC(=O)OCc3ccccc3)c2)c1. The molecule has 7 heteroatoms. The van der Waals surface area contributed by atoms with E-state index in [4.69, 9.17) is 27.2 Å². The van der Waals surface area contributed by atoms with E-state index < -0.39 is 12.1 Å². The van der Waals surface area contributed by atoms with Gasteiger partial charge in [-0.25, -0.2) is 4.79 Å². The van der Waals surface area contributed by atoms with E-state index >= 15 is 0 Å². The van der Waals surface area contributed by atoms with Gasteiger partial charge in [0, 0.05) is 17.3 Å². The molecular weight excluding hydrogens is 440 g/mol. The van der Waals surface area contributed by atoms with Crippen molar-refractivity contribution in [2.45, 2.75) is 37.8 Å². The third kappa shape index (κ3) is 6.12. The molecule has 0 spiro atoms. The molecule has 4 rings (SSSR count). The zero-order chi connectivity index (χ0) is 23.4. The number of carboxylic acid groups (broad SMARTS) is 1. The number of nitrogens with two attached hydrogens (primary N) is 1. The van der Waals surface area contributed by atoms with E-state index in [1.807, 2.05) is 60.7 Å². The van der Waals surface area contributed by atoms with E-state index in [1.54, 1.807) is 6.07 Å². The second kappa shape index (κ2) is 10.1. The molecule has 0 aliphatic heterocycles. The summed E-state index contributed by atoms with van der Waals surface area (Å²) in [5.74, 6) is -0.386. The number of hydrogen-bond acceptors (Lipinski definition) is 4. The van der Waals surface area contributed by atoms with E-state index in [0.29, 0.717) is 17.3 Å². The molecule has 0 heterocycles. The quantitative estimate of drug-likeness (QED) is 0.411. The molecule has 1 fully saturated rings. The van der Waals surface area contributed by atoms with E-state index in [2.05, 4.69) is 5.32 Å². The van der Waals surface area contributed by atoms with Crippen LogP contribution in [0.5, 0.6) is 0 Å². The molecule has 0 radical (unpaired) electrons. The van der Waals surface area contributed by atoms with Crippen molar-refractivity contribution in [3.63, 3.8) is 0 Å². The highest BCUT2D eigenvalue weighted by atomic mass is 35.5. The molecule has 1 aliphatic rings. The van der Waals surface area contributed by atoms with Gasteiger partial charge in [0.15, 0.2) is 0 Å². The lowest BCUT2D eigenvalue weighted by Crippen LogP contribution is -2.13. The zero-order valence-electron chi connectivity index (χ0n) is 18.0.